The summed E-state index contributed by atoms with van der Waals surface area (Å²) >= 11 is 0. The van der Waals surface area contributed by atoms with Crippen molar-refractivity contribution in [1.29, 1.82) is 0 Å². The van der Waals surface area contributed by atoms with E-state index in [1.165, 1.54) is 0 Å². The maximum Gasteiger partial charge on any atom is 0.305 e. The van der Waals surface area contributed by atoms with Gasteiger partial charge in [-0.1, -0.05) is 27.2 Å². The van der Waals surface area contributed by atoms with Crippen molar-refractivity contribution in [2.24, 2.45) is 11.7 Å². The largest absolute Gasteiger partial charge is 0.481 e. The Hall–Kier alpha value is -1.10. The first kappa shape index (κ1) is 14.9. The average Bonchev–Trinajstić information content (AvgIpc) is 2.25. The van der Waals surface area contributed by atoms with E-state index in [9.17, 15) is 9.59 Å². The van der Waals surface area contributed by atoms with Crippen LogP contribution in [0.1, 0.15) is 40.0 Å². The van der Waals surface area contributed by atoms with E-state index in [4.69, 9.17) is 10.8 Å². The molecule has 94 valence electrons. The Morgan fingerprint density at radius 2 is 1.88 bits per heavy atom. The van der Waals surface area contributed by atoms with Crippen LogP contribution in [0.25, 0.3) is 0 Å². The van der Waals surface area contributed by atoms with Crippen molar-refractivity contribution in [3.05, 3.63) is 0 Å². The Balaban J connectivity index is 4.24. The van der Waals surface area contributed by atoms with Gasteiger partial charge in [-0.15, -0.1) is 0 Å². The second-order valence-electron chi connectivity index (χ2n) is 4.12. The van der Waals surface area contributed by atoms with Crippen molar-refractivity contribution in [3.63, 3.8) is 0 Å². The second-order valence-corrected chi connectivity index (χ2v) is 4.12. The Kier molecular flexibility index (Phi) is 6.72. The molecular formula is C11H22N2O3. The summed E-state index contributed by atoms with van der Waals surface area (Å²) in [4.78, 5) is 22.2. The van der Waals surface area contributed by atoms with Crippen LogP contribution in [0, 0.1) is 5.92 Å². The third-order valence-electron chi connectivity index (χ3n) is 2.82. The zero-order chi connectivity index (χ0) is 12.7. The lowest BCUT2D eigenvalue weighted by molar-refractivity contribution is -0.137. The molecule has 0 radical (unpaired) electrons. The van der Waals surface area contributed by atoms with Gasteiger partial charge in [0.25, 0.3) is 0 Å². The predicted molar refractivity (Wildman–Crippen MR) is 61.9 cm³/mol. The Labute approximate surface area is 96.4 Å². The molecule has 0 heterocycles. The fourth-order valence-electron chi connectivity index (χ4n) is 1.32. The third-order valence-corrected chi connectivity index (χ3v) is 2.82. The van der Waals surface area contributed by atoms with Gasteiger partial charge in [0.2, 0.25) is 5.91 Å². The van der Waals surface area contributed by atoms with Gasteiger partial charge in [0.1, 0.15) is 0 Å². The Morgan fingerprint density at radius 1 is 1.31 bits per heavy atom. The van der Waals surface area contributed by atoms with Crippen molar-refractivity contribution >= 4 is 11.9 Å². The van der Waals surface area contributed by atoms with Gasteiger partial charge in [-0.05, 0) is 12.3 Å². The summed E-state index contributed by atoms with van der Waals surface area (Å²) in [7, 11) is 0. The summed E-state index contributed by atoms with van der Waals surface area (Å²) in [5.41, 5.74) is 5.75. The molecule has 0 aromatic rings. The molecule has 0 saturated carbocycles. The molecular weight excluding hydrogens is 208 g/mol. The third kappa shape index (κ3) is 5.11. The monoisotopic (exact) mass is 230 g/mol. The Morgan fingerprint density at radius 3 is 2.25 bits per heavy atom. The fraction of sp³-hybridized carbons (Fsp3) is 0.818. The number of carboxylic acid groups (broad SMARTS) is 1. The molecule has 1 amide bonds. The van der Waals surface area contributed by atoms with Gasteiger partial charge in [-0.3, -0.25) is 9.59 Å². The van der Waals surface area contributed by atoms with Crippen LogP contribution in [0.2, 0.25) is 0 Å². The van der Waals surface area contributed by atoms with Gasteiger partial charge in [-0.2, -0.15) is 0 Å². The number of nitrogens with one attached hydrogen (secondary N) is 1. The lowest BCUT2D eigenvalue weighted by atomic mass is 9.99. The number of carbonyl (C=O) groups is 2. The van der Waals surface area contributed by atoms with Crippen LogP contribution in [0.5, 0.6) is 0 Å². The van der Waals surface area contributed by atoms with Gasteiger partial charge in [0.15, 0.2) is 0 Å². The molecule has 3 atom stereocenters. The van der Waals surface area contributed by atoms with Crippen LogP contribution in [0.3, 0.4) is 0 Å². The smallest absolute Gasteiger partial charge is 0.305 e. The summed E-state index contributed by atoms with van der Waals surface area (Å²) < 4.78 is 0. The van der Waals surface area contributed by atoms with E-state index in [2.05, 4.69) is 5.32 Å². The zero-order valence-corrected chi connectivity index (χ0v) is 10.2. The number of hydrogen-bond acceptors (Lipinski definition) is 3. The van der Waals surface area contributed by atoms with Gasteiger partial charge >= 0.3 is 5.97 Å². The number of aliphatic carboxylic acids is 1. The van der Waals surface area contributed by atoms with Crippen LogP contribution in [-0.2, 0) is 9.59 Å². The fourth-order valence-corrected chi connectivity index (χ4v) is 1.32. The van der Waals surface area contributed by atoms with Gasteiger partial charge in [0, 0.05) is 6.04 Å². The topological polar surface area (TPSA) is 92.4 Å². The van der Waals surface area contributed by atoms with Crippen molar-refractivity contribution in [2.75, 3.05) is 0 Å². The highest BCUT2D eigenvalue weighted by molar-refractivity contribution is 5.82. The van der Waals surface area contributed by atoms with Crippen LogP contribution >= 0.6 is 0 Å². The van der Waals surface area contributed by atoms with Gasteiger partial charge in [-0.25, -0.2) is 0 Å². The first-order valence-electron chi connectivity index (χ1n) is 5.70. The van der Waals surface area contributed by atoms with Gasteiger partial charge in [0.05, 0.1) is 12.5 Å². The highest BCUT2D eigenvalue weighted by atomic mass is 16.4. The Bertz CT molecular complexity index is 243. The standard InChI is InChI=1S/C11H22N2O3/c1-4-7(3)10(12)11(16)13-8(5-2)6-9(14)15/h7-8,10H,4-6,12H2,1-3H3,(H,13,16)(H,14,15). The summed E-state index contributed by atoms with van der Waals surface area (Å²) in [5.74, 6) is -1.07. The molecule has 0 rings (SSSR count). The molecule has 0 saturated heterocycles. The van der Waals surface area contributed by atoms with E-state index in [-0.39, 0.29) is 24.3 Å². The molecule has 5 heteroatoms. The van der Waals surface area contributed by atoms with E-state index < -0.39 is 12.0 Å². The SMILES string of the molecule is CCC(CC(=O)O)NC(=O)C(N)C(C)CC. The van der Waals surface area contributed by atoms with E-state index in [0.29, 0.717) is 6.42 Å². The first-order chi connectivity index (χ1) is 7.42. The molecule has 0 fully saturated rings. The predicted octanol–water partition coefficient (Wildman–Crippen LogP) is 0.729. The number of nitrogens with two attached hydrogens (primary N) is 1. The average molecular weight is 230 g/mol. The maximum absolute atomic E-state index is 11.7. The van der Waals surface area contributed by atoms with Gasteiger partial charge < -0.3 is 16.2 Å². The molecule has 3 unspecified atom stereocenters. The molecule has 0 aromatic heterocycles. The van der Waals surface area contributed by atoms with Crippen LogP contribution in [0.4, 0.5) is 0 Å². The summed E-state index contributed by atoms with van der Waals surface area (Å²) in [6.45, 7) is 5.71. The molecule has 0 bridgehead atoms. The number of carboxylic acids is 1. The molecule has 0 aliphatic heterocycles. The minimum Gasteiger partial charge on any atom is -0.481 e. The van der Waals surface area contributed by atoms with E-state index in [0.717, 1.165) is 6.42 Å². The number of hydrogen-bond donors (Lipinski definition) is 3. The molecule has 0 spiro atoms. The summed E-state index contributed by atoms with van der Waals surface area (Å²) in [6, 6.07) is -0.895. The molecule has 0 aromatic carbocycles. The van der Waals surface area contributed by atoms with Crippen molar-refractivity contribution < 1.29 is 14.7 Å². The number of rotatable bonds is 7. The van der Waals surface area contributed by atoms with Crippen LogP contribution in [-0.4, -0.2) is 29.1 Å². The van der Waals surface area contributed by atoms with Crippen LogP contribution in [0.15, 0.2) is 0 Å². The number of amides is 1. The molecule has 4 N–H and O–H groups in total. The molecule has 0 aliphatic carbocycles. The minimum atomic E-state index is -0.913. The van der Waals surface area contributed by atoms with Crippen molar-refractivity contribution in [1.82, 2.24) is 5.32 Å². The minimum absolute atomic E-state index is 0.0601. The zero-order valence-electron chi connectivity index (χ0n) is 10.2. The highest BCUT2D eigenvalue weighted by Crippen LogP contribution is 2.06. The highest BCUT2D eigenvalue weighted by Gasteiger charge is 2.22. The van der Waals surface area contributed by atoms with E-state index in [1.807, 2.05) is 20.8 Å². The van der Waals surface area contributed by atoms with Crippen molar-refractivity contribution in [3.8, 4) is 0 Å². The summed E-state index contributed by atoms with van der Waals surface area (Å²) in [5, 5.41) is 11.3. The van der Waals surface area contributed by atoms with E-state index in [1.54, 1.807) is 0 Å². The lowest BCUT2D eigenvalue weighted by Gasteiger charge is -2.21. The summed E-state index contributed by atoms with van der Waals surface area (Å²) in [6.07, 6.45) is 1.35. The molecule has 16 heavy (non-hydrogen) atoms. The maximum atomic E-state index is 11.7. The molecule has 0 aliphatic rings. The van der Waals surface area contributed by atoms with Crippen LogP contribution < -0.4 is 11.1 Å². The second kappa shape index (κ2) is 7.22. The normalized spacial score (nSPS) is 16.2. The van der Waals surface area contributed by atoms with Crippen molar-refractivity contribution in [2.45, 2.75) is 52.1 Å². The van der Waals surface area contributed by atoms with E-state index >= 15 is 0 Å². The quantitative estimate of drug-likeness (QED) is 0.601. The number of carbonyl (C=O) groups excluding carboxylic acids is 1. The first-order valence-corrected chi connectivity index (χ1v) is 5.70. The molecule has 5 nitrogen and oxygen atoms in total. The lowest BCUT2D eigenvalue weighted by Crippen LogP contribution is -2.48.